The summed E-state index contributed by atoms with van der Waals surface area (Å²) >= 11 is 0. The Hall–Kier alpha value is -1.52. The summed E-state index contributed by atoms with van der Waals surface area (Å²) < 4.78 is 36.5. The molecule has 0 aliphatic rings. The molecule has 0 radical (unpaired) electrons. The highest BCUT2D eigenvalue weighted by Gasteiger charge is 2.24. The number of nitrogens with zero attached hydrogens (tertiary/aromatic N) is 1. The average molecular weight is 244 g/mol. The Morgan fingerprint density at radius 2 is 2.00 bits per heavy atom. The van der Waals surface area contributed by atoms with Crippen molar-refractivity contribution in [3.8, 4) is 0 Å². The number of rotatable bonds is 3. The smallest absolute Gasteiger partial charge is 0.383 e. The third-order valence-corrected chi connectivity index (χ3v) is 2.44. The second-order valence-electron chi connectivity index (χ2n) is 4.15. The molecule has 1 rings (SSSR count). The molecule has 5 heteroatoms. The number of hydrogen-bond donors (Lipinski definition) is 1. The Balaban J connectivity index is 3.03. The molecule has 1 heterocycles. The van der Waals surface area contributed by atoms with Gasteiger partial charge in [-0.2, -0.15) is 13.2 Å². The van der Waals surface area contributed by atoms with Gasteiger partial charge in [0.25, 0.3) is 0 Å². The van der Waals surface area contributed by atoms with E-state index in [4.69, 9.17) is 5.73 Å². The van der Waals surface area contributed by atoms with Gasteiger partial charge in [0.15, 0.2) is 0 Å². The normalized spacial score (nSPS) is 14.5. The van der Waals surface area contributed by atoms with E-state index in [2.05, 4.69) is 4.98 Å². The predicted octanol–water partition coefficient (Wildman–Crippen LogP) is 3.52. The number of anilines is 1. The first-order chi connectivity index (χ1) is 7.81. The van der Waals surface area contributed by atoms with Crippen molar-refractivity contribution in [3.63, 3.8) is 0 Å². The van der Waals surface area contributed by atoms with E-state index in [9.17, 15) is 13.2 Å². The van der Waals surface area contributed by atoms with E-state index in [1.54, 1.807) is 12.1 Å². The lowest BCUT2D eigenvalue weighted by molar-refractivity contribution is -0.0801. The zero-order valence-corrected chi connectivity index (χ0v) is 9.70. The fourth-order valence-electron chi connectivity index (χ4n) is 1.61. The Kier molecular flexibility index (Phi) is 4.15. The molecule has 2 N–H and O–H groups in total. The van der Waals surface area contributed by atoms with Crippen molar-refractivity contribution in [2.24, 2.45) is 5.92 Å². The Morgan fingerprint density at radius 3 is 2.47 bits per heavy atom. The number of aromatic nitrogens is 1. The fraction of sp³-hybridized carbons (Fsp3) is 0.417. The monoisotopic (exact) mass is 244 g/mol. The molecule has 1 unspecified atom stereocenters. The van der Waals surface area contributed by atoms with Crippen LogP contribution in [0.1, 0.15) is 25.3 Å². The van der Waals surface area contributed by atoms with Crippen LogP contribution in [-0.4, -0.2) is 11.2 Å². The molecule has 94 valence electrons. The molecular formula is C12H15F3N2. The van der Waals surface area contributed by atoms with Gasteiger partial charge < -0.3 is 5.73 Å². The maximum absolute atomic E-state index is 12.2. The third kappa shape index (κ3) is 4.09. The summed E-state index contributed by atoms with van der Waals surface area (Å²) in [6.07, 6.45) is -1.39. The maximum atomic E-state index is 12.2. The van der Waals surface area contributed by atoms with Crippen LogP contribution in [0.5, 0.6) is 0 Å². The summed E-state index contributed by atoms with van der Waals surface area (Å²) in [5.74, 6) is -0.0940. The SMILES string of the molecule is CC(C)C(/C=C/C(F)(F)F)c1cccnc1N. The van der Waals surface area contributed by atoms with Crippen molar-refractivity contribution in [3.05, 3.63) is 36.0 Å². The van der Waals surface area contributed by atoms with Crippen LogP contribution in [0, 0.1) is 5.92 Å². The van der Waals surface area contributed by atoms with Crippen LogP contribution in [0.3, 0.4) is 0 Å². The molecule has 0 saturated heterocycles. The van der Waals surface area contributed by atoms with Crippen LogP contribution in [0.15, 0.2) is 30.5 Å². The topological polar surface area (TPSA) is 38.9 Å². The van der Waals surface area contributed by atoms with Crippen LogP contribution in [0.4, 0.5) is 19.0 Å². The molecule has 0 aliphatic carbocycles. The molecule has 2 nitrogen and oxygen atoms in total. The molecular weight excluding hydrogens is 229 g/mol. The largest absolute Gasteiger partial charge is 0.409 e. The van der Waals surface area contributed by atoms with E-state index in [0.717, 1.165) is 6.08 Å². The van der Waals surface area contributed by atoms with Crippen LogP contribution in [0.2, 0.25) is 0 Å². The van der Waals surface area contributed by atoms with Crippen molar-refractivity contribution in [2.75, 3.05) is 5.73 Å². The van der Waals surface area contributed by atoms with E-state index in [0.29, 0.717) is 5.56 Å². The molecule has 1 aromatic heterocycles. The number of allylic oxidation sites excluding steroid dienone is 2. The molecule has 17 heavy (non-hydrogen) atoms. The first-order valence-electron chi connectivity index (χ1n) is 5.27. The minimum Gasteiger partial charge on any atom is -0.383 e. The summed E-state index contributed by atoms with van der Waals surface area (Å²) in [7, 11) is 0. The highest BCUT2D eigenvalue weighted by atomic mass is 19.4. The number of halogens is 3. The van der Waals surface area contributed by atoms with Crippen molar-refractivity contribution in [1.82, 2.24) is 4.98 Å². The van der Waals surface area contributed by atoms with E-state index >= 15 is 0 Å². The van der Waals surface area contributed by atoms with E-state index in [1.165, 1.54) is 6.20 Å². The van der Waals surface area contributed by atoms with Gasteiger partial charge in [-0.05, 0) is 12.0 Å². The third-order valence-electron chi connectivity index (χ3n) is 2.44. The zero-order valence-electron chi connectivity index (χ0n) is 9.70. The van der Waals surface area contributed by atoms with Crippen molar-refractivity contribution in [2.45, 2.75) is 25.9 Å². The van der Waals surface area contributed by atoms with Crippen LogP contribution < -0.4 is 5.73 Å². The van der Waals surface area contributed by atoms with E-state index in [1.807, 2.05) is 13.8 Å². The molecule has 0 aliphatic heterocycles. The van der Waals surface area contributed by atoms with Crippen LogP contribution in [-0.2, 0) is 0 Å². The molecule has 0 saturated carbocycles. The second kappa shape index (κ2) is 5.21. The average Bonchev–Trinajstić information content (AvgIpc) is 2.18. The van der Waals surface area contributed by atoms with Crippen molar-refractivity contribution >= 4 is 5.82 Å². The molecule has 0 spiro atoms. The number of nitrogen functional groups attached to an aromatic ring is 1. The van der Waals surface area contributed by atoms with Gasteiger partial charge in [-0.1, -0.05) is 26.0 Å². The summed E-state index contributed by atoms with van der Waals surface area (Å²) in [5.41, 5.74) is 6.30. The van der Waals surface area contributed by atoms with Gasteiger partial charge in [-0.3, -0.25) is 0 Å². The van der Waals surface area contributed by atoms with Gasteiger partial charge in [0.05, 0.1) is 0 Å². The molecule has 1 aromatic rings. The second-order valence-corrected chi connectivity index (χ2v) is 4.15. The highest BCUT2D eigenvalue weighted by molar-refractivity contribution is 5.43. The first-order valence-corrected chi connectivity index (χ1v) is 5.27. The molecule has 0 fully saturated rings. The van der Waals surface area contributed by atoms with Crippen LogP contribution in [0.25, 0.3) is 0 Å². The Labute approximate surface area is 98.4 Å². The van der Waals surface area contributed by atoms with Gasteiger partial charge >= 0.3 is 6.18 Å². The van der Waals surface area contributed by atoms with Gasteiger partial charge in [0, 0.05) is 23.8 Å². The number of alkyl halides is 3. The standard InChI is InChI=1S/C12H15F3N2/c1-8(2)9(5-6-12(13,14)15)10-4-3-7-17-11(10)16/h3-9H,1-2H3,(H2,16,17)/b6-5+. The van der Waals surface area contributed by atoms with Gasteiger partial charge in [-0.15, -0.1) is 0 Å². The fourth-order valence-corrected chi connectivity index (χ4v) is 1.61. The van der Waals surface area contributed by atoms with Crippen LogP contribution >= 0.6 is 0 Å². The predicted molar refractivity (Wildman–Crippen MR) is 61.4 cm³/mol. The van der Waals surface area contributed by atoms with Gasteiger partial charge in [0.1, 0.15) is 5.82 Å². The molecule has 0 bridgehead atoms. The lowest BCUT2D eigenvalue weighted by atomic mass is 9.88. The quantitative estimate of drug-likeness (QED) is 0.826. The molecule has 0 amide bonds. The first kappa shape index (κ1) is 13.5. The zero-order chi connectivity index (χ0) is 13.1. The lowest BCUT2D eigenvalue weighted by Crippen LogP contribution is -2.10. The lowest BCUT2D eigenvalue weighted by Gasteiger charge is -2.18. The van der Waals surface area contributed by atoms with E-state index in [-0.39, 0.29) is 23.7 Å². The van der Waals surface area contributed by atoms with Crippen molar-refractivity contribution < 1.29 is 13.2 Å². The molecule has 1 atom stereocenters. The summed E-state index contributed by atoms with van der Waals surface area (Å²) in [4.78, 5) is 3.89. The molecule has 0 aromatic carbocycles. The summed E-state index contributed by atoms with van der Waals surface area (Å²) in [6, 6.07) is 3.37. The van der Waals surface area contributed by atoms with Gasteiger partial charge in [0.2, 0.25) is 0 Å². The Morgan fingerprint density at radius 1 is 1.35 bits per heavy atom. The number of hydrogen-bond acceptors (Lipinski definition) is 2. The van der Waals surface area contributed by atoms with E-state index < -0.39 is 6.18 Å². The minimum absolute atomic E-state index is 0.0140. The Bertz CT molecular complexity index is 397. The maximum Gasteiger partial charge on any atom is 0.409 e. The van der Waals surface area contributed by atoms with Gasteiger partial charge in [-0.25, -0.2) is 4.98 Å². The number of nitrogens with two attached hydrogens (primary N) is 1. The van der Waals surface area contributed by atoms with Crippen molar-refractivity contribution in [1.29, 1.82) is 0 Å². The summed E-state index contributed by atoms with van der Waals surface area (Å²) in [5, 5.41) is 0. The minimum atomic E-state index is -4.30. The number of pyridine rings is 1. The highest BCUT2D eigenvalue weighted by Crippen LogP contribution is 2.30. The summed E-state index contributed by atoms with van der Waals surface area (Å²) in [6.45, 7) is 3.69.